The lowest BCUT2D eigenvalue weighted by atomic mass is 9.98. The Kier molecular flexibility index (Phi) is 38.4. The van der Waals surface area contributed by atoms with E-state index in [0.717, 1.165) is 77.0 Å². The monoisotopic (exact) mass is 999 g/mol. The molecule has 2 saturated heterocycles. The standard InChI is InChI=1S/C55H98O15/c1-3-5-7-9-11-13-15-17-19-21-23-25-27-29-31-33-35-37-46(57)65-40-43(68-47(58)38-36-34-32-30-28-26-24-22-20-18-16-14-12-10-8-6-4-2)41-66-54-53(64)51(62)49(60)45(70-54)42-67-55-52(63)50(61)48(59)44(39-56)69-55/h12,14,17-20,43-45,48-56,59-64H,3-11,13,15-16,21-42H2,1-2H3/b14-12+,19-17+,20-18+/t43-,44+,45+,48-,49-,50?,51?,52?,53?,54+,55+/m0/s1. The molecule has 0 radical (unpaired) electrons. The second-order valence-electron chi connectivity index (χ2n) is 19.4. The smallest absolute Gasteiger partial charge is 0.306 e. The maximum absolute atomic E-state index is 13.0. The molecule has 70 heavy (non-hydrogen) atoms. The molecule has 2 rings (SSSR count). The van der Waals surface area contributed by atoms with Crippen molar-refractivity contribution in [2.24, 2.45) is 0 Å². The van der Waals surface area contributed by atoms with Crippen LogP contribution >= 0.6 is 0 Å². The summed E-state index contributed by atoms with van der Waals surface area (Å²) >= 11 is 0. The summed E-state index contributed by atoms with van der Waals surface area (Å²) in [5.74, 6) is -0.934. The van der Waals surface area contributed by atoms with E-state index >= 15 is 0 Å². The van der Waals surface area contributed by atoms with Crippen molar-refractivity contribution in [1.29, 1.82) is 0 Å². The SMILES string of the molecule is CCCCC/C=C/C/C=C/CCCCCCCCCC(=O)O[C@@H](COC(=O)CCCCCCCCC/C=C/CCCCCCCC)CO[C@@H]1O[C@H](CO[C@@H]2O[C@H](CO)[C@H](O)C(O)C2O)[C@H](O)C(O)C1O. The van der Waals surface area contributed by atoms with Crippen molar-refractivity contribution in [1.82, 2.24) is 0 Å². The summed E-state index contributed by atoms with van der Waals surface area (Å²) in [5, 5.41) is 72.2. The van der Waals surface area contributed by atoms with Crippen LogP contribution in [0.5, 0.6) is 0 Å². The molecule has 0 aromatic heterocycles. The van der Waals surface area contributed by atoms with Gasteiger partial charge in [0.2, 0.25) is 0 Å². The first kappa shape index (κ1) is 63.8. The molecular formula is C55H98O15. The van der Waals surface area contributed by atoms with E-state index < -0.39 is 92.7 Å². The Balaban J connectivity index is 1.79. The van der Waals surface area contributed by atoms with Crippen LogP contribution in [0.15, 0.2) is 36.5 Å². The third kappa shape index (κ3) is 29.4. The molecule has 2 heterocycles. The zero-order chi connectivity index (χ0) is 51.0. The zero-order valence-corrected chi connectivity index (χ0v) is 43.3. The predicted octanol–water partition coefficient (Wildman–Crippen LogP) is 8.49. The molecule has 0 saturated carbocycles. The van der Waals surface area contributed by atoms with Gasteiger partial charge in [-0.1, -0.05) is 159 Å². The summed E-state index contributed by atoms with van der Waals surface area (Å²) in [7, 11) is 0. The summed E-state index contributed by atoms with van der Waals surface area (Å²) in [4.78, 5) is 25.8. The fourth-order valence-electron chi connectivity index (χ4n) is 8.54. The van der Waals surface area contributed by atoms with E-state index in [1.54, 1.807) is 0 Å². The summed E-state index contributed by atoms with van der Waals surface area (Å²) in [6.07, 6.45) is 28.7. The number of allylic oxidation sites excluding steroid dienone is 6. The van der Waals surface area contributed by atoms with Crippen LogP contribution in [0.3, 0.4) is 0 Å². The van der Waals surface area contributed by atoms with Gasteiger partial charge in [0.15, 0.2) is 18.7 Å². The first-order chi connectivity index (χ1) is 34.0. The van der Waals surface area contributed by atoms with E-state index in [4.69, 9.17) is 28.4 Å². The van der Waals surface area contributed by atoms with E-state index in [9.17, 15) is 45.3 Å². The van der Waals surface area contributed by atoms with Gasteiger partial charge in [-0.2, -0.15) is 0 Å². The van der Waals surface area contributed by atoms with Gasteiger partial charge in [0.05, 0.1) is 19.8 Å². The maximum atomic E-state index is 13.0. The number of ether oxygens (including phenoxy) is 6. The minimum absolute atomic E-state index is 0.156. The third-order valence-corrected chi connectivity index (χ3v) is 13.1. The number of unbranched alkanes of at least 4 members (excludes halogenated alkanes) is 23. The van der Waals surface area contributed by atoms with Crippen molar-refractivity contribution in [3.63, 3.8) is 0 Å². The lowest BCUT2D eigenvalue weighted by molar-refractivity contribution is -0.332. The summed E-state index contributed by atoms with van der Waals surface area (Å²) in [6.45, 7) is 2.57. The number of esters is 2. The van der Waals surface area contributed by atoms with Gasteiger partial charge in [-0.05, 0) is 70.6 Å². The summed E-state index contributed by atoms with van der Waals surface area (Å²) < 4.78 is 33.6. The van der Waals surface area contributed by atoms with Crippen molar-refractivity contribution in [2.75, 3.05) is 26.4 Å². The van der Waals surface area contributed by atoms with Gasteiger partial charge in [-0.25, -0.2) is 0 Å². The molecule has 0 aliphatic carbocycles. The first-order valence-electron chi connectivity index (χ1n) is 27.6. The van der Waals surface area contributed by atoms with Crippen LogP contribution in [0, 0.1) is 0 Å². The second-order valence-corrected chi connectivity index (χ2v) is 19.4. The molecule has 4 unspecified atom stereocenters. The minimum Gasteiger partial charge on any atom is -0.462 e. The van der Waals surface area contributed by atoms with E-state index in [-0.39, 0.29) is 26.1 Å². The fourth-order valence-corrected chi connectivity index (χ4v) is 8.54. The number of aliphatic hydroxyl groups is 7. The van der Waals surface area contributed by atoms with Crippen LogP contribution in [0.4, 0.5) is 0 Å². The molecule has 0 amide bonds. The highest BCUT2D eigenvalue weighted by atomic mass is 16.7. The van der Waals surface area contributed by atoms with Gasteiger partial charge in [-0.3, -0.25) is 9.59 Å². The molecule has 0 bridgehead atoms. The average Bonchev–Trinajstić information content (AvgIpc) is 3.35. The van der Waals surface area contributed by atoms with Crippen molar-refractivity contribution in [2.45, 2.75) is 274 Å². The van der Waals surface area contributed by atoms with E-state index in [2.05, 4.69) is 50.3 Å². The number of hydrogen-bond donors (Lipinski definition) is 7. The van der Waals surface area contributed by atoms with Crippen molar-refractivity contribution in [3.8, 4) is 0 Å². The number of carbonyl (C=O) groups excluding carboxylic acids is 2. The van der Waals surface area contributed by atoms with Gasteiger partial charge in [0, 0.05) is 12.8 Å². The fraction of sp³-hybridized carbons (Fsp3) is 0.855. The topological polar surface area (TPSA) is 231 Å². The zero-order valence-electron chi connectivity index (χ0n) is 43.3. The Bertz CT molecular complexity index is 1360. The number of aliphatic hydroxyl groups excluding tert-OH is 7. The van der Waals surface area contributed by atoms with Crippen molar-refractivity contribution in [3.05, 3.63) is 36.5 Å². The quantitative estimate of drug-likeness (QED) is 0.0173. The number of hydrogen-bond acceptors (Lipinski definition) is 15. The van der Waals surface area contributed by atoms with Gasteiger partial charge in [-0.15, -0.1) is 0 Å². The largest absolute Gasteiger partial charge is 0.462 e. The van der Waals surface area contributed by atoms with Crippen LogP contribution in [-0.2, 0) is 38.0 Å². The molecule has 2 fully saturated rings. The van der Waals surface area contributed by atoms with Gasteiger partial charge in [0.25, 0.3) is 0 Å². The molecule has 7 N–H and O–H groups in total. The highest BCUT2D eigenvalue weighted by Crippen LogP contribution is 2.26. The molecule has 15 heteroatoms. The predicted molar refractivity (Wildman–Crippen MR) is 270 cm³/mol. The molecular weight excluding hydrogens is 901 g/mol. The van der Waals surface area contributed by atoms with E-state index in [0.29, 0.717) is 12.8 Å². The van der Waals surface area contributed by atoms with E-state index in [1.165, 1.54) is 89.9 Å². The average molecular weight is 999 g/mol. The lowest BCUT2D eigenvalue weighted by Gasteiger charge is -2.42. The highest BCUT2D eigenvalue weighted by molar-refractivity contribution is 5.70. The van der Waals surface area contributed by atoms with Gasteiger partial charge in [0.1, 0.15) is 55.4 Å². The first-order valence-corrected chi connectivity index (χ1v) is 27.6. The second kappa shape index (κ2) is 42.1. The molecule has 0 spiro atoms. The molecule has 2 aliphatic rings. The van der Waals surface area contributed by atoms with Crippen LogP contribution in [0.2, 0.25) is 0 Å². The number of rotatable bonds is 43. The van der Waals surface area contributed by atoms with Crippen molar-refractivity contribution < 1.29 is 73.8 Å². The summed E-state index contributed by atoms with van der Waals surface area (Å²) in [6, 6.07) is 0. The molecule has 11 atom stereocenters. The normalized spacial score (nSPS) is 25.6. The minimum atomic E-state index is -1.77. The molecule has 0 aromatic carbocycles. The Hall–Kier alpha value is -2.28. The van der Waals surface area contributed by atoms with Gasteiger partial charge < -0.3 is 64.2 Å². The third-order valence-electron chi connectivity index (χ3n) is 13.1. The molecule has 2 aliphatic heterocycles. The molecule has 408 valence electrons. The number of carbonyl (C=O) groups is 2. The van der Waals surface area contributed by atoms with Gasteiger partial charge >= 0.3 is 11.9 Å². The molecule has 0 aromatic rings. The van der Waals surface area contributed by atoms with Crippen molar-refractivity contribution >= 4 is 11.9 Å². The Morgan fingerprint density at radius 3 is 1.37 bits per heavy atom. The maximum Gasteiger partial charge on any atom is 0.306 e. The Labute approximate surface area is 421 Å². The van der Waals surface area contributed by atoms with Crippen LogP contribution < -0.4 is 0 Å². The summed E-state index contributed by atoms with van der Waals surface area (Å²) in [5.41, 5.74) is 0. The Morgan fingerprint density at radius 1 is 0.457 bits per heavy atom. The lowest BCUT2D eigenvalue weighted by Crippen LogP contribution is -2.61. The van der Waals surface area contributed by atoms with Crippen LogP contribution in [0.1, 0.15) is 206 Å². The molecule has 15 nitrogen and oxygen atoms in total. The highest BCUT2D eigenvalue weighted by Gasteiger charge is 2.47. The van der Waals surface area contributed by atoms with Crippen LogP contribution in [0.25, 0.3) is 0 Å². The van der Waals surface area contributed by atoms with E-state index in [1.807, 2.05) is 0 Å². The van der Waals surface area contributed by atoms with Crippen LogP contribution in [-0.4, -0.2) is 142 Å². The Morgan fingerprint density at radius 2 is 0.857 bits per heavy atom.